The number of nitrogens with one attached hydrogen (secondary N) is 3. The van der Waals surface area contributed by atoms with Gasteiger partial charge in [-0.25, -0.2) is 8.42 Å². The number of hydrogen-bond donors (Lipinski definition) is 3. The molecule has 3 N–H and O–H groups in total. The third-order valence-corrected chi connectivity index (χ3v) is 6.34. The van der Waals surface area contributed by atoms with Crippen molar-refractivity contribution < 1.29 is 18.1 Å². The number of benzene rings is 2. The van der Waals surface area contributed by atoms with Gasteiger partial charge in [0.2, 0.25) is 10.0 Å². The van der Waals surface area contributed by atoms with Gasteiger partial charge in [-0.1, -0.05) is 13.0 Å². The van der Waals surface area contributed by atoms with Crippen molar-refractivity contribution in [1.82, 2.24) is 4.98 Å². The summed E-state index contributed by atoms with van der Waals surface area (Å²) in [5.74, 6) is -0.526. The summed E-state index contributed by atoms with van der Waals surface area (Å²) in [5.41, 5.74) is 1.64. The largest absolute Gasteiger partial charge is 0.371 e. The van der Waals surface area contributed by atoms with Crippen molar-refractivity contribution in [3.63, 3.8) is 0 Å². The molecule has 1 atom stereocenters. The van der Waals surface area contributed by atoms with Crippen LogP contribution in [0.3, 0.4) is 0 Å². The molecule has 10 nitrogen and oxygen atoms in total. The Kier molecular flexibility index (Phi) is 7.79. The Balaban J connectivity index is 1.72. The van der Waals surface area contributed by atoms with Crippen LogP contribution in [-0.2, 0) is 10.0 Å². The number of sulfonamides is 1. The second-order valence-electron chi connectivity index (χ2n) is 7.56. The minimum Gasteiger partial charge on any atom is -0.371 e. The predicted molar refractivity (Wildman–Crippen MR) is 131 cm³/mol. The van der Waals surface area contributed by atoms with E-state index >= 15 is 0 Å². The molecule has 1 aromatic heterocycles. The van der Waals surface area contributed by atoms with Crippen molar-refractivity contribution in [2.45, 2.75) is 26.3 Å². The van der Waals surface area contributed by atoms with E-state index in [4.69, 9.17) is 0 Å². The Labute approximate surface area is 197 Å². The summed E-state index contributed by atoms with van der Waals surface area (Å²) >= 11 is 0. The molecule has 0 saturated heterocycles. The maximum atomic E-state index is 12.7. The number of aromatic nitrogens is 1. The zero-order valence-corrected chi connectivity index (χ0v) is 19.5. The Bertz CT molecular complexity index is 1260. The van der Waals surface area contributed by atoms with Crippen LogP contribution in [0.15, 0.2) is 66.9 Å². The fourth-order valence-electron chi connectivity index (χ4n) is 3.21. The molecule has 0 radical (unpaired) electrons. The summed E-state index contributed by atoms with van der Waals surface area (Å²) in [6, 6.07) is 15.4. The van der Waals surface area contributed by atoms with Gasteiger partial charge in [-0.05, 0) is 61.9 Å². The molecule has 34 heavy (non-hydrogen) atoms. The minimum atomic E-state index is -3.42. The molecule has 1 heterocycles. The first-order chi connectivity index (χ1) is 16.2. The van der Waals surface area contributed by atoms with E-state index < -0.39 is 20.9 Å². The SMILES string of the molecule is CCCS(=O)(=O)Nc1ccc(NC(=O)c2ccc(NC(C)c3ccccn3)c([N+](=O)[O-])c2)cc1. The molecule has 2 aromatic carbocycles. The van der Waals surface area contributed by atoms with Gasteiger partial charge in [0.05, 0.1) is 22.4 Å². The minimum absolute atomic E-state index is 0.00968. The van der Waals surface area contributed by atoms with Crippen molar-refractivity contribution in [2.24, 2.45) is 0 Å². The number of amides is 1. The van der Waals surface area contributed by atoms with E-state index in [2.05, 4.69) is 20.3 Å². The summed E-state index contributed by atoms with van der Waals surface area (Å²) < 4.78 is 26.2. The zero-order chi connectivity index (χ0) is 24.7. The van der Waals surface area contributed by atoms with Crippen molar-refractivity contribution in [2.75, 3.05) is 21.1 Å². The molecule has 3 aromatic rings. The molecule has 0 aliphatic rings. The Morgan fingerprint density at radius 2 is 1.79 bits per heavy atom. The number of carbonyl (C=O) groups is 1. The lowest BCUT2D eigenvalue weighted by Gasteiger charge is -2.15. The summed E-state index contributed by atoms with van der Waals surface area (Å²) in [6.07, 6.45) is 2.13. The maximum absolute atomic E-state index is 12.7. The number of nitro benzene ring substituents is 1. The van der Waals surface area contributed by atoms with Crippen LogP contribution < -0.4 is 15.4 Å². The molecule has 0 saturated carbocycles. The lowest BCUT2D eigenvalue weighted by atomic mass is 10.1. The molecule has 0 aliphatic carbocycles. The van der Waals surface area contributed by atoms with Gasteiger partial charge in [0.1, 0.15) is 5.69 Å². The number of anilines is 3. The number of nitro groups is 1. The normalized spacial score (nSPS) is 11.9. The van der Waals surface area contributed by atoms with E-state index in [1.807, 2.05) is 19.1 Å². The van der Waals surface area contributed by atoms with E-state index in [0.29, 0.717) is 17.8 Å². The van der Waals surface area contributed by atoms with Gasteiger partial charge in [-0.15, -0.1) is 0 Å². The molecule has 178 valence electrons. The molecule has 1 amide bonds. The van der Waals surface area contributed by atoms with Gasteiger partial charge < -0.3 is 10.6 Å². The highest BCUT2D eigenvalue weighted by Crippen LogP contribution is 2.29. The number of hydrogen-bond acceptors (Lipinski definition) is 7. The quantitative estimate of drug-likeness (QED) is 0.283. The molecular weight excluding hydrogens is 458 g/mol. The van der Waals surface area contributed by atoms with Gasteiger partial charge in [0.15, 0.2) is 0 Å². The summed E-state index contributed by atoms with van der Waals surface area (Å²) in [6.45, 7) is 3.60. The lowest BCUT2D eigenvalue weighted by Crippen LogP contribution is -2.16. The van der Waals surface area contributed by atoms with Crippen molar-refractivity contribution in [3.8, 4) is 0 Å². The highest BCUT2D eigenvalue weighted by Gasteiger charge is 2.20. The van der Waals surface area contributed by atoms with Crippen LogP contribution in [0.25, 0.3) is 0 Å². The third kappa shape index (κ3) is 6.51. The second-order valence-corrected chi connectivity index (χ2v) is 9.40. The smallest absolute Gasteiger partial charge is 0.293 e. The molecule has 3 rings (SSSR count). The van der Waals surface area contributed by atoms with Gasteiger partial charge in [-0.2, -0.15) is 0 Å². The highest BCUT2D eigenvalue weighted by molar-refractivity contribution is 7.92. The van der Waals surface area contributed by atoms with Crippen LogP contribution in [0.2, 0.25) is 0 Å². The van der Waals surface area contributed by atoms with Crippen LogP contribution in [0.5, 0.6) is 0 Å². The van der Waals surface area contributed by atoms with Gasteiger partial charge >= 0.3 is 0 Å². The van der Waals surface area contributed by atoms with Crippen molar-refractivity contribution in [3.05, 3.63) is 88.2 Å². The first-order valence-corrected chi connectivity index (χ1v) is 12.2. The topological polar surface area (TPSA) is 143 Å². The van der Waals surface area contributed by atoms with Crippen LogP contribution in [0.4, 0.5) is 22.7 Å². The number of pyridine rings is 1. The van der Waals surface area contributed by atoms with Crippen molar-refractivity contribution >= 4 is 38.7 Å². The molecule has 11 heteroatoms. The third-order valence-electron chi connectivity index (χ3n) is 4.85. The highest BCUT2D eigenvalue weighted by atomic mass is 32.2. The monoisotopic (exact) mass is 483 g/mol. The predicted octanol–water partition coefficient (Wildman–Crippen LogP) is 4.57. The van der Waals surface area contributed by atoms with E-state index in [1.165, 1.54) is 30.3 Å². The number of rotatable bonds is 10. The van der Waals surface area contributed by atoms with E-state index in [1.54, 1.807) is 31.3 Å². The molecule has 0 bridgehead atoms. The standard InChI is InChI=1S/C23H25N5O5S/c1-3-14-34(32,33)27-19-10-8-18(9-11-19)26-23(29)17-7-12-21(22(15-17)28(30)31)25-16(2)20-6-4-5-13-24-20/h4-13,15-16,25,27H,3,14H2,1-2H3,(H,26,29). The first kappa shape index (κ1) is 24.6. The Morgan fingerprint density at radius 1 is 1.09 bits per heavy atom. The van der Waals surface area contributed by atoms with Crippen molar-refractivity contribution in [1.29, 1.82) is 0 Å². The van der Waals surface area contributed by atoms with E-state index in [9.17, 15) is 23.3 Å². The zero-order valence-electron chi connectivity index (χ0n) is 18.7. The molecule has 0 spiro atoms. The average Bonchev–Trinajstić information content (AvgIpc) is 2.80. The van der Waals surface area contributed by atoms with E-state index in [0.717, 1.165) is 5.69 Å². The van der Waals surface area contributed by atoms with Crippen LogP contribution in [0.1, 0.15) is 42.4 Å². The Morgan fingerprint density at radius 3 is 2.41 bits per heavy atom. The molecular formula is C23H25N5O5S. The second kappa shape index (κ2) is 10.8. The average molecular weight is 484 g/mol. The molecule has 0 aliphatic heterocycles. The van der Waals surface area contributed by atoms with Crippen LogP contribution in [0, 0.1) is 10.1 Å². The summed E-state index contributed by atoms with van der Waals surface area (Å²) in [7, 11) is -3.42. The Hall–Kier alpha value is -3.99. The molecule has 0 fully saturated rings. The molecule has 1 unspecified atom stereocenters. The maximum Gasteiger partial charge on any atom is 0.293 e. The fourth-order valence-corrected chi connectivity index (χ4v) is 4.34. The summed E-state index contributed by atoms with van der Waals surface area (Å²) in [4.78, 5) is 28.0. The first-order valence-electron chi connectivity index (χ1n) is 10.6. The van der Waals surface area contributed by atoms with Gasteiger partial charge in [0, 0.05) is 29.2 Å². The van der Waals surface area contributed by atoms with Crippen LogP contribution in [-0.4, -0.2) is 30.0 Å². The van der Waals surface area contributed by atoms with Crippen LogP contribution >= 0.6 is 0 Å². The fraction of sp³-hybridized carbons (Fsp3) is 0.217. The number of nitrogens with zero attached hydrogens (tertiary/aromatic N) is 2. The lowest BCUT2D eigenvalue weighted by molar-refractivity contribution is -0.384. The summed E-state index contributed by atoms with van der Waals surface area (Å²) in [5, 5.41) is 17.4. The number of carbonyl (C=O) groups excluding carboxylic acids is 1. The van der Waals surface area contributed by atoms with E-state index in [-0.39, 0.29) is 28.7 Å². The van der Waals surface area contributed by atoms with Gasteiger partial charge in [-0.3, -0.25) is 24.6 Å². The van der Waals surface area contributed by atoms with Gasteiger partial charge in [0.25, 0.3) is 11.6 Å².